The molecule has 3 rings (SSSR count). The molecule has 1 aliphatic heterocycles. The molecule has 0 spiro atoms. The fraction of sp³-hybridized carbons (Fsp3) is 0.294. The number of benzene rings is 2. The van der Waals surface area contributed by atoms with E-state index in [4.69, 9.17) is 10.8 Å². The van der Waals surface area contributed by atoms with Crippen LogP contribution in [0.3, 0.4) is 0 Å². The van der Waals surface area contributed by atoms with E-state index in [1.807, 2.05) is 0 Å². The average molecular weight is 405 g/mol. The Morgan fingerprint density at radius 1 is 1.07 bits per heavy atom. The molecule has 0 aliphatic carbocycles. The highest BCUT2D eigenvalue weighted by molar-refractivity contribution is 5.64. The molecule has 0 fully saturated rings. The monoisotopic (exact) mass is 405 g/mol. The van der Waals surface area contributed by atoms with Gasteiger partial charge in [-0.3, -0.25) is 35.2 Å². The zero-order valence-electron chi connectivity index (χ0n) is 15.4. The number of nitro benzene ring substituents is 3. The Balaban J connectivity index is 0.000000211. The SMILES string of the molecule is CN1CCc2ccccc2C1CN.O=[N+]([O-])c1cc([N+](=O)[O-])c(O)c([N+](=O)[O-])c1. The van der Waals surface area contributed by atoms with Crippen LogP contribution in [0.1, 0.15) is 17.2 Å². The zero-order valence-corrected chi connectivity index (χ0v) is 15.4. The van der Waals surface area contributed by atoms with Gasteiger partial charge in [-0.15, -0.1) is 0 Å². The zero-order chi connectivity index (χ0) is 21.7. The third-order valence-corrected chi connectivity index (χ3v) is 4.56. The second-order valence-electron chi connectivity index (χ2n) is 6.28. The number of rotatable bonds is 4. The molecule has 12 heteroatoms. The number of nitro groups is 3. The quantitative estimate of drug-likeness (QED) is 0.570. The van der Waals surface area contributed by atoms with Gasteiger partial charge in [0, 0.05) is 19.1 Å². The molecule has 2 aromatic rings. The molecule has 1 atom stereocenters. The molecule has 0 aromatic heterocycles. The Labute approximate surface area is 164 Å². The first kappa shape index (κ1) is 21.7. The van der Waals surface area contributed by atoms with Crippen molar-refractivity contribution in [1.82, 2.24) is 4.90 Å². The van der Waals surface area contributed by atoms with Crippen molar-refractivity contribution in [2.45, 2.75) is 12.5 Å². The Morgan fingerprint density at radius 2 is 1.62 bits per heavy atom. The summed E-state index contributed by atoms with van der Waals surface area (Å²) in [5.74, 6) is -1.21. The summed E-state index contributed by atoms with van der Waals surface area (Å²) in [7, 11) is 2.15. The number of phenols is 1. The molecule has 2 aromatic carbocycles. The number of likely N-dealkylation sites (N-methyl/N-ethyl adjacent to an activating group) is 1. The van der Waals surface area contributed by atoms with Crippen molar-refractivity contribution in [2.75, 3.05) is 20.1 Å². The first-order valence-electron chi connectivity index (χ1n) is 8.45. The van der Waals surface area contributed by atoms with E-state index in [9.17, 15) is 30.3 Å². The van der Waals surface area contributed by atoms with Gasteiger partial charge in [-0.2, -0.15) is 0 Å². The minimum Gasteiger partial charge on any atom is -0.497 e. The molecular weight excluding hydrogens is 386 g/mol. The summed E-state index contributed by atoms with van der Waals surface area (Å²) >= 11 is 0. The van der Waals surface area contributed by atoms with Crippen molar-refractivity contribution in [2.24, 2.45) is 5.73 Å². The molecule has 0 amide bonds. The number of hydrogen-bond acceptors (Lipinski definition) is 9. The summed E-state index contributed by atoms with van der Waals surface area (Å²) in [6, 6.07) is 9.93. The molecule has 0 saturated carbocycles. The van der Waals surface area contributed by atoms with Crippen molar-refractivity contribution in [3.05, 3.63) is 77.9 Å². The Bertz CT molecular complexity index is 915. The largest absolute Gasteiger partial charge is 0.497 e. The smallest absolute Gasteiger partial charge is 0.324 e. The molecule has 0 radical (unpaired) electrons. The lowest BCUT2D eigenvalue weighted by Gasteiger charge is -2.33. The van der Waals surface area contributed by atoms with E-state index in [0.29, 0.717) is 24.7 Å². The summed E-state index contributed by atoms with van der Waals surface area (Å²) in [6.07, 6.45) is 1.16. The van der Waals surface area contributed by atoms with Crippen LogP contribution in [0, 0.1) is 30.3 Å². The summed E-state index contributed by atoms with van der Waals surface area (Å²) in [5, 5.41) is 40.2. The summed E-state index contributed by atoms with van der Waals surface area (Å²) in [6.45, 7) is 1.84. The third kappa shape index (κ3) is 4.80. The Kier molecular flexibility index (Phi) is 6.75. The molecule has 1 aliphatic rings. The van der Waals surface area contributed by atoms with Crippen LogP contribution in [-0.4, -0.2) is 44.9 Å². The van der Waals surface area contributed by atoms with Gasteiger partial charge in [0.15, 0.2) is 0 Å². The van der Waals surface area contributed by atoms with Crippen LogP contribution in [0.25, 0.3) is 0 Å². The molecule has 12 nitrogen and oxygen atoms in total. The minimum atomic E-state index is -1.21. The predicted octanol–water partition coefficient (Wildman–Crippen LogP) is 2.29. The van der Waals surface area contributed by atoms with Crippen molar-refractivity contribution in [3.63, 3.8) is 0 Å². The predicted molar refractivity (Wildman–Crippen MR) is 103 cm³/mol. The van der Waals surface area contributed by atoms with Crippen LogP contribution in [0.2, 0.25) is 0 Å². The van der Waals surface area contributed by atoms with Gasteiger partial charge in [-0.25, -0.2) is 0 Å². The van der Waals surface area contributed by atoms with E-state index in [2.05, 4.69) is 36.2 Å². The van der Waals surface area contributed by atoms with Gasteiger partial charge in [0.25, 0.3) is 11.4 Å². The minimum absolute atomic E-state index is 0.421. The Morgan fingerprint density at radius 3 is 2.10 bits per heavy atom. The third-order valence-electron chi connectivity index (χ3n) is 4.56. The van der Waals surface area contributed by atoms with E-state index in [1.54, 1.807) is 0 Å². The number of hydrogen-bond donors (Lipinski definition) is 2. The van der Waals surface area contributed by atoms with Crippen LogP contribution >= 0.6 is 0 Å². The highest BCUT2D eigenvalue weighted by Gasteiger charge is 2.30. The van der Waals surface area contributed by atoms with E-state index < -0.39 is 37.6 Å². The van der Waals surface area contributed by atoms with Crippen LogP contribution in [-0.2, 0) is 6.42 Å². The molecule has 1 heterocycles. The highest BCUT2D eigenvalue weighted by atomic mass is 16.6. The van der Waals surface area contributed by atoms with Gasteiger partial charge in [0.2, 0.25) is 0 Å². The maximum atomic E-state index is 10.4. The van der Waals surface area contributed by atoms with Crippen molar-refractivity contribution in [3.8, 4) is 5.75 Å². The average Bonchev–Trinajstić information content (AvgIpc) is 2.68. The molecular formula is C17H19N5O7. The lowest BCUT2D eigenvalue weighted by molar-refractivity contribution is -0.404. The van der Waals surface area contributed by atoms with Crippen molar-refractivity contribution < 1.29 is 19.9 Å². The number of fused-ring (bicyclic) bond motifs is 1. The van der Waals surface area contributed by atoms with Crippen LogP contribution in [0.5, 0.6) is 5.75 Å². The second kappa shape index (κ2) is 9.03. The van der Waals surface area contributed by atoms with Gasteiger partial charge in [0.05, 0.1) is 26.9 Å². The fourth-order valence-electron chi connectivity index (χ4n) is 3.06. The number of non-ortho nitro benzene ring substituents is 1. The molecule has 154 valence electrons. The summed E-state index contributed by atoms with van der Waals surface area (Å²) in [4.78, 5) is 30.1. The van der Waals surface area contributed by atoms with Gasteiger partial charge in [-0.1, -0.05) is 24.3 Å². The number of phenolic OH excluding ortho intramolecular Hbond substituents is 1. The molecule has 0 bridgehead atoms. The standard InChI is InChI=1S/C11H16N2.C6H3N3O7/c1-13-7-6-9-4-2-3-5-10(9)11(13)8-12;10-6-4(8(13)14)1-3(7(11)12)2-5(6)9(15)16/h2-5,11H,6-8,12H2,1H3;1-2,10H. The lowest BCUT2D eigenvalue weighted by atomic mass is 9.93. The van der Waals surface area contributed by atoms with E-state index >= 15 is 0 Å². The number of aromatic hydroxyl groups is 1. The van der Waals surface area contributed by atoms with Gasteiger partial charge in [-0.05, 0) is 24.6 Å². The topological polar surface area (TPSA) is 179 Å². The van der Waals surface area contributed by atoms with Crippen LogP contribution < -0.4 is 5.73 Å². The maximum Gasteiger partial charge on any atom is 0.324 e. The van der Waals surface area contributed by atoms with Gasteiger partial charge < -0.3 is 10.8 Å². The normalized spacial score (nSPS) is 15.6. The first-order chi connectivity index (χ1) is 13.7. The van der Waals surface area contributed by atoms with Gasteiger partial charge >= 0.3 is 11.4 Å². The van der Waals surface area contributed by atoms with E-state index in [0.717, 1.165) is 13.0 Å². The molecule has 29 heavy (non-hydrogen) atoms. The Hall–Kier alpha value is -3.64. The van der Waals surface area contributed by atoms with E-state index in [-0.39, 0.29) is 0 Å². The maximum absolute atomic E-state index is 10.4. The second-order valence-corrected chi connectivity index (χ2v) is 6.28. The highest BCUT2D eigenvalue weighted by Crippen LogP contribution is 2.39. The fourth-order valence-corrected chi connectivity index (χ4v) is 3.06. The first-order valence-corrected chi connectivity index (χ1v) is 8.45. The number of nitrogens with zero attached hydrogens (tertiary/aromatic N) is 4. The van der Waals surface area contributed by atoms with Crippen LogP contribution in [0.15, 0.2) is 36.4 Å². The number of nitrogens with two attached hydrogens (primary N) is 1. The molecule has 3 N–H and O–H groups in total. The van der Waals surface area contributed by atoms with Gasteiger partial charge in [0.1, 0.15) is 0 Å². The van der Waals surface area contributed by atoms with Crippen molar-refractivity contribution >= 4 is 17.1 Å². The summed E-state index contributed by atoms with van der Waals surface area (Å²) in [5.41, 5.74) is 5.65. The summed E-state index contributed by atoms with van der Waals surface area (Å²) < 4.78 is 0. The molecule has 1 unspecified atom stereocenters. The van der Waals surface area contributed by atoms with E-state index in [1.165, 1.54) is 11.1 Å². The van der Waals surface area contributed by atoms with Crippen LogP contribution in [0.4, 0.5) is 17.1 Å². The lowest BCUT2D eigenvalue weighted by Crippen LogP contribution is -2.36. The van der Waals surface area contributed by atoms with Crippen molar-refractivity contribution in [1.29, 1.82) is 0 Å². The molecule has 0 saturated heterocycles.